The number of allylic oxidation sites excluding steroid dienone is 2. The molecule has 3 heteroatoms. The van der Waals surface area contributed by atoms with Crippen molar-refractivity contribution in [2.45, 2.75) is 234 Å². The maximum Gasteiger partial charge on any atom is 0.209 e. The molecule has 388 valence electrons. The molecule has 0 unspecified atom stereocenters. The van der Waals surface area contributed by atoms with Crippen LogP contribution >= 0.6 is 0 Å². The smallest absolute Gasteiger partial charge is 0.209 e. The van der Waals surface area contributed by atoms with E-state index in [1.807, 2.05) is 55.4 Å². The first-order valence-corrected chi connectivity index (χ1v) is 27.6. The number of para-hydroxylation sites is 2. The fourth-order valence-corrected chi connectivity index (χ4v) is 8.97. The fourth-order valence-electron chi connectivity index (χ4n) is 8.97. The lowest BCUT2D eigenvalue weighted by atomic mass is 9.78. The molecule has 0 saturated heterocycles. The standard InChI is InChI=1S/C16H22N.C13H18N.2C10H12.C3H6O.2C3H8.4C2H6/c1-11(2)12(3)15-16(4,5)13-9-7-8-10-14(13)17(15)6;1-5-12-13(2,3)10-8-6-7-9-11(10)14(12)4;2*1-2-6-10-8-4-3-7-9(10)5-1;1-3(2)4;2*1-3-2;4*1-2/h7-10H,1-6H3;6-9H,5H2,1-4H3;2*1-2,5-6H,3-4,7-8H2;1-2H3;2*3H2,1-2H3;4*1-2H3/q2*+1;;;;;;;;;. The van der Waals surface area contributed by atoms with Crippen molar-refractivity contribution in [3.8, 4) is 0 Å². The molecule has 8 rings (SSSR count). The summed E-state index contributed by atoms with van der Waals surface area (Å²) >= 11 is 0. The summed E-state index contributed by atoms with van der Waals surface area (Å²) in [7, 11) is 4.35. The normalized spacial score (nSPS) is 14.0. The van der Waals surface area contributed by atoms with Crippen molar-refractivity contribution in [2.24, 2.45) is 0 Å². The third kappa shape index (κ3) is 22.5. The number of hydrogen-bond acceptors (Lipinski definition) is 1. The highest BCUT2D eigenvalue weighted by Crippen LogP contribution is 2.41. The highest BCUT2D eigenvalue weighted by molar-refractivity contribution is 6.07. The van der Waals surface area contributed by atoms with Crippen LogP contribution in [0.25, 0.3) is 0 Å². The summed E-state index contributed by atoms with van der Waals surface area (Å²) in [4.78, 5) is 9.44. The van der Waals surface area contributed by atoms with E-state index in [-0.39, 0.29) is 16.6 Å². The molecule has 0 radical (unpaired) electrons. The minimum absolute atomic E-state index is 0.104. The van der Waals surface area contributed by atoms with Crippen molar-refractivity contribution in [3.05, 3.63) is 142 Å². The maximum atomic E-state index is 9.44. The number of Topliss-reactive ketones (excluding diaryl/α,β-unsaturated/α-hetero) is 1. The van der Waals surface area contributed by atoms with Crippen LogP contribution in [0.2, 0.25) is 0 Å². The van der Waals surface area contributed by atoms with E-state index in [4.69, 9.17) is 0 Å². The van der Waals surface area contributed by atoms with Gasteiger partial charge in [0, 0.05) is 35.3 Å². The van der Waals surface area contributed by atoms with Crippen LogP contribution in [0.4, 0.5) is 11.4 Å². The Labute approximate surface area is 430 Å². The van der Waals surface area contributed by atoms with Gasteiger partial charge in [-0.25, -0.2) is 4.58 Å². The number of aryl methyl sites for hydroxylation is 4. The Kier molecular flexibility index (Phi) is 39.3. The highest BCUT2D eigenvalue weighted by atomic mass is 16.1. The van der Waals surface area contributed by atoms with E-state index in [1.54, 1.807) is 22.3 Å². The van der Waals surface area contributed by atoms with Gasteiger partial charge < -0.3 is 4.79 Å². The van der Waals surface area contributed by atoms with Crippen LogP contribution in [-0.4, -0.2) is 40.5 Å². The molecule has 0 amide bonds. The quantitative estimate of drug-likeness (QED) is 0.184. The van der Waals surface area contributed by atoms with E-state index >= 15 is 0 Å². The number of carbonyl (C=O) groups excluding carboxylic acids is 1. The van der Waals surface area contributed by atoms with E-state index in [1.165, 1.54) is 123 Å². The molecule has 3 nitrogen and oxygen atoms in total. The van der Waals surface area contributed by atoms with Gasteiger partial charge in [0.15, 0.2) is 11.4 Å². The minimum atomic E-state index is 0.104. The predicted molar refractivity (Wildman–Crippen MR) is 315 cm³/mol. The summed E-state index contributed by atoms with van der Waals surface area (Å²) in [5.74, 6) is 0.167. The number of carbonyl (C=O) groups is 1. The maximum absolute atomic E-state index is 9.44. The van der Waals surface area contributed by atoms with Gasteiger partial charge in [-0.05, 0) is 136 Å². The molecule has 0 N–H and O–H groups in total. The summed E-state index contributed by atoms with van der Waals surface area (Å²) < 4.78 is 4.69. The molecular formula is C66H110N2O+2. The molecule has 0 aromatic heterocycles. The molecule has 2 heterocycles. The number of nitrogens with zero attached hydrogens (tertiary/aromatic N) is 2. The molecule has 0 spiro atoms. The molecule has 0 fully saturated rings. The Hall–Kier alpha value is -4.37. The lowest BCUT2D eigenvalue weighted by molar-refractivity contribution is -0.403. The minimum Gasteiger partial charge on any atom is -0.300 e. The van der Waals surface area contributed by atoms with Gasteiger partial charge in [-0.15, -0.1) is 0 Å². The van der Waals surface area contributed by atoms with Gasteiger partial charge in [0.1, 0.15) is 19.9 Å². The fraction of sp³-hybridized carbons (Fsp3) is 0.561. The lowest BCUT2D eigenvalue weighted by Crippen LogP contribution is -2.29. The van der Waals surface area contributed by atoms with E-state index in [9.17, 15) is 4.79 Å². The van der Waals surface area contributed by atoms with Crippen LogP contribution in [0.3, 0.4) is 0 Å². The topological polar surface area (TPSA) is 23.1 Å². The van der Waals surface area contributed by atoms with Gasteiger partial charge in [-0.1, -0.05) is 193 Å². The van der Waals surface area contributed by atoms with Crippen molar-refractivity contribution in [1.29, 1.82) is 0 Å². The number of rotatable bonds is 2. The second kappa shape index (κ2) is 39.4. The second-order valence-electron chi connectivity index (χ2n) is 18.5. The third-order valence-electron chi connectivity index (χ3n) is 11.9. The highest BCUT2D eigenvalue weighted by Gasteiger charge is 2.45. The molecule has 2 aliphatic heterocycles. The summed E-state index contributed by atoms with van der Waals surface area (Å²) in [5, 5.41) is 0. The first kappa shape index (κ1) is 68.9. The lowest BCUT2D eigenvalue weighted by Gasteiger charge is -2.18. The number of ketones is 1. The molecule has 4 aliphatic rings. The Morgan fingerprint density at radius 1 is 0.449 bits per heavy atom. The zero-order valence-electron chi connectivity index (χ0n) is 49.8. The average molecular weight is 948 g/mol. The first-order chi connectivity index (χ1) is 32.9. The Morgan fingerprint density at radius 2 is 0.710 bits per heavy atom. The summed E-state index contributed by atoms with van der Waals surface area (Å²) in [6.45, 7) is 45.7. The largest absolute Gasteiger partial charge is 0.300 e. The molecule has 0 saturated carbocycles. The number of fused-ring (bicyclic) bond motifs is 4. The van der Waals surface area contributed by atoms with Crippen molar-refractivity contribution >= 4 is 28.6 Å². The monoisotopic (exact) mass is 947 g/mol. The Balaban J connectivity index is -0.000000764. The molecule has 0 bridgehead atoms. The van der Waals surface area contributed by atoms with E-state index < -0.39 is 0 Å². The van der Waals surface area contributed by atoms with Crippen molar-refractivity contribution in [1.82, 2.24) is 0 Å². The van der Waals surface area contributed by atoms with Crippen molar-refractivity contribution in [3.63, 3.8) is 0 Å². The van der Waals surface area contributed by atoms with Crippen molar-refractivity contribution < 1.29 is 13.9 Å². The van der Waals surface area contributed by atoms with Crippen LogP contribution in [0.1, 0.15) is 231 Å². The SMILES string of the molecule is CC.CC.CC.CC.CC(C)=C(C)C1=[N+](C)c2ccccc2C1(C)C.CC(C)=O.CCC.CCC.CCC1=[N+](C)c2ccccc2C1(C)C.c1ccc2c(c1)CCCC2.c1ccc2c(c1)CCCC2. The van der Waals surface area contributed by atoms with Crippen LogP contribution in [-0.2, 0) is 41.3 Å². The summed E-state index contributed by atoms with van der Waals surface area (Å²) in [6.07, 6.45) is 14.4. The van der Waals surface area contributed by atoms with E-state index in [0.717, 1.165) is 6.42 Å². The number of hydrogen-bond donors (Lipinski definition) is 0. The van der Waals surface area contributed by atoms with Crippen LogP contribution < -0.4 is 0 Å². The molecule has 0 atom stereocenters. The van der Waals surface area contributed by atoms with Gasteiger partial charge in [0.2, 0.25) is 11.4 Å². The summed E-state index contributed by atoms with van der Waals surface area (Å²) in [6, 6.07) is 35.0. The second-order valence-corrected chi connectivity index (χ2v) is 18.5. The van der Waals surface area contributed by atoms with Crippen LogP contribution in [0.5, 0.6) is 0 Å². The number of benzene rings is 4. The third-order valence-corrected chi connectivity index (χ3v) is 11.9. The van der Waals surface area contributed by atoms with E-state index in [2.05, 4.69) is 203 Å². The van der Waals surface area contributed by atoms with Crippen LogP contribution in [0, 0.1) is 0 Å². The van der Waals surface area contributed by atoms with Crippen molar-refractivity contribution in [2.75, 3.05) is 14.1 Å². The summed E-state index contributed by atoms with van der Waals surface area (Å²) in [5.41, 5.74) is 18.0. The molecule has 2 aliphatic carbocycles. The van der Waals surface area contributed by atoms with Gasteiger partial charge in [0.05, 0.1) is 10.8 Å². The van der Waals surface area contributed by atoms with Crippen LogP contribution in [0.15, 0.2) is 108 Å². The van der Waals surface area contributed by atoms with Gasteiger partial charge in [-0.3, -0.25) is 0 Å². The molecular weight excluding hydrogens is 837 g/mol. The Morgan fingerprint density at radius 3 is 0.971 bits per heavy atom. The molecule has 4 aromatic carbocycles. The van der Waals surface area contributed by atoms with E-state index in [0.29, 0.717) is 0 Å². The van der Waals surface area contributed by atoms with Gasteiger partial charge >= 0.3 is 0 Å². The molecule has 69 heavy (non-hydrogen) atoms. The predicted octanol–water partition coefficient (Wildman–Crippen LogP) is 19.8. The van der Waals surface area contributed by atoms with Gasteiger partial charge in [0.25, 0.3) is 0 Å². The first-order valence-electron chi connectivity index (χ1n) is 27.6. The van der Waals surface area contributed by atoms with Gasteiger partial charge in [-0.2, -0.15) is 4.58 Å². The molecule has 4 aromatic rings. The average Bonchev–Trinajstić information content (AvgIpc) is 3.70. The Bertz CT molecular complexity index is 1960. The zero-order chi connectivity index (χ0) is 53.8. The zero-order valence-corrected chi connectivity index (χ0v) is 49.8.